The van der Waals surface area contributed by atoms with Gasteiger partial charge in [-0.3, -0.25) is 0 Å². The largest absolute Gasteiger partial charge is 0.309 e. The lowest BCUT2D eigenvalue weighted by atomic mass is 9.94. The van der Waals surface area contributed by atoms with Crippen molar-refractivity contribution in [3.63, 3.8) is 0 Å². The summed E-state index contributed by atoms with van der Waals surface area (Å²) in [6, 6.07) is 7.39. The summed E-state index contributed by atoms with van der Waals surface area (Å²) in [5.41, 5.74) is 4.31. The molecule has 0 aromatic heterocycles. The van der Waals surface area contributed by atoms with Crippen LogP contribution in [0.1, 0.15) is 48.9 Å². The van der Waals surface area contributed by atoms with Gasteiger partial charge in [0, 0.05) is 11.3 Å². The molecule has 1 heterocycles. The number of hydrogen-bond acceptors (Lipinski definition) is 2. The molecule has 0 saturated carbocycles. The molecule has 1 aliphatic rings. The Kier molecular flexibility index (Phi) is 5.13. The summed E-state index contributed by atoms with van der Waals surface area (Å²) in [6.45, 7) is 7.70. The van der Waals surface area contributed by atoms with Crippen molar-refractivity contribution >= 4 is 11.8 Å². The Labute approximate surface area is 116 Å². The molecule has 2 rings (SSSR count). The maximum atomic E-state index is 3.72. The van der Waals surface area contributed by atoms with Gasteiger partial charge in [0.2, 0.25) is 0 Å². The van der Waals surface area contributed by atoms with Crippen molar-refractivity contribution in [1.29, 1.82) is 0 Å². The van der Waals surface area contributed by atoms with E-state index in [-0.39, 0.29) is 0 Å². The SMILES string of the molecule is CCNC(c1cc(C)ccc1C)C1CCCCS1. The van der Waals surface area contributed by atoms with Crippen LogP contribution in [0, 0.1) is 13.8 Å². The second-order valence-electron chi connectivity index (χ2n) is 5.30. The molecule has 1 nitrogen and oxygen atoms in total. The van der Waals surface area contributed by atoms with E-state index in [1.165, 1.54) is 41.7 Å². The highest BCUT2D eigenvalue weighted by Gasteiger charge is 2.25. The number of nitrogens with one attached hydrogen (secondary N) is 1. The van der Waals surface area contributed by atoms with Gasteiger partial charge < -0.3 is 5.32 Å². The van der Waals surface area contributed by atoms with Crippen molar-refractivity contribution in [3.05, 3.63) is 34.9 Å². The summed E-state index contributed by atoms with van der Waals surface area (Å²) in [6.07, 6.45) is 4.15. The third kappa shape index (κ3) is 3.30. The average molecular weight is 263 g/mol. The van der Waals surface area contributed by atoms with Crippen molar-refractivity contribution in [3.8, 4) is 0 Å². The summed E-state index contributed by atoms with van der Waals surface area (Å²) < 4.78 is 0. The second-order valence-corrected chi connectivity index (χ2v) is 6.65. The molecule has 2 heteroatoms. The van der Waals surface area contributed by atoms with E-state index < -0.39 is 0 Å². The maximum Gasteiger partial charge on any atom is 0.0443 e. The molecule has 1 fully saturated rings. The molecule has 2 unspecified atom stereocenters. The van der Waals surface area contributed by atoms with Gasteiger partial charge in [0.15, 0.2) is 0 Å². The van der Waals surface area contributed by atoms with Crippen molar-refractivity contribution in [2.24, 2.45) is 0 Å². The molecule has 1 saturated heterocycles. The van der Waals surface area contributed by atoms with Gasteiger partial charge in [-0.15, -0.1) is 0 Å². The Hall–Kier alpha value is -0.470. The van der Waals surface area contributed by atoms with E-state index in [0.29, 0.717) is 6.04 Å². The lowest BCUT2D eigenvalue weighted by molar-refractivity contribution is 0.489. The number of thioether (sulfide) groups is 1. The van der Waals surface area contributed by atoms with Crippen molar-refractivity contribution in [2.75, 3.05) is 12.3 Å². The van der Waals surface area contributed by atoms with Crippen LogP contribution in [0.25, 0.3) is 0 Å². The van der Waals surface area contributed by atoms with Crippen LogP contribution in [0.3, 0.4) is 0 Å². The highest BCUT2D eigenvalue weighted by Crippen LogP contribution is 2.36. The van der Waals surface area contributed by atoms with Crippen LogP contribution in [0.2, 0.25) is 0 Å². The van der Waals surface area contributed by atoms with Gasteiger partial charge in [0.1, 0.15) is 0 Å². The van der Waals surface area contributed by atoms with Crippen LogP contribution in [0.4, 0.5) is 0 Å². The molecule has 0 bridgehead atoms. The summed E-state index contributed by atoms with van der Waals surface area (Å²) in [5, 5.41) is 4.47. The fourth-order valence-corrected chi connectivity index (χ4v) is 4.23. The zero-order chi connectivity index (χ0) is 13.0. The molecular formula is C16H25NS. The molecule has 1 aliphatic heterocycles. The van der Waals surface area contributed by atoms with Crippen LogP contribution in [0.5, 0.6) is 0 Å². The number of benzene rings is 1. The molecule has 0 amide bonds. The van der Waals surface area contributed by atoms with Gasteiger partial charge in [0.25, 0.3) is 0 Å². The van der Waals surface area contributed by atoms with Crippen LogP contribution in [0.15, 0.2) is 18.2 Å². The summed E-state index contributed by atoms with van der Waals surface area (Å²) >= 11 is 2.16. The standard InChI is InChI=1S/C16H25NS/c1-4-17-16(15-7-5-6-10-18-15)14-11-12(2)8-9-13(14)3/h8-9,11,15-17H,4-7,10H2,1-3H3. The minimum absolute atomic E-state index is 0.528. The van der Waals surface area contributed by atoms with Gasteiger partial charge in [-0.2, -0.15) is 11.8 Å². The zero-order valence-corrected chi connectivity index (χ0v) is 12.6. The maximum absolute atomic E-state index is 3.72. The first-order chi connectivity index (χ1) is 8.72. The van der Waals surface area contributed by atoms with Gasteiger partial charge in [-0.05, 0) is 50.1 Å². The fourth-order valence-electron chi connectivity index (χ4n) is 2.79. The normalized spacial score (nSPS) is 21.8. The molecule has 18 heavy (non-hydrogen) atoms. The topological polar surface area (TPSA) is 12.0 Å². The summed E-state index contributed by atoms with van der Waals surface area (Å²) in [4.78, 5) is 0. The molecule has 2 atom stereocenters. The van der Waals surface area contributed by atoms with E-state index in [0.717, 1.165) is 11.8 Å². The monoisotopic (exact) mass is 263 g/mol. The minimum Gasteiger partial charge on any atom is -0.309 e. The predicted molar refractivity (Wildman–Crippen MR) is 82.4 cm³/mol. The fraction of sp³-hybridized carbons (Fsp3) is 0.625. The molecule has 1 aromatic rings. The Morgan fingerprint density at radius 1 is 1.33 bits per heavy atom. The molecule has 0 spiro atoms. The lowest BCUT2D eigenvalue weighted by Crippen LogP contribution is -2.32. The summed E-state index contributed by atoms with van der Waals surface area (Å²) in [5.74, 6) is 1.33. The van der Waals surface area contributed by atoms with Gasteiger partial charge >= 0.3 is 0 Å². The highest BCUT2D eigenvalue weighted by atomic mass is 32.2. The van der Waals surface area contributed by atoms with E-state index in [2.05, 4.69) is 56.0 Å². The average Bonchev–Trinajstić information content (AvgIpc) is 2.40. The third-order valence-electron chi connectivity index (χ3n) is 3.78. The molecule has 100 valence electrons. The van der Waals surface area contributed by atoms with Crippen LogP contribution in [-0.2, 0) is 0 Å². The Morgan fingerprint density at radius 2 is 2.17 bits per heavy atom. The molecule has 1 N–H and O–H groups in total. The first kappa shape index (κ1) is 14.0. The third-order valence-corrected chi connectivity index (χ3v) is 5.24. The zero-order valence-electron chi connectivity index (χ0n) is 11.8. The van der Waals surface area contributed by atoms with Gasteiger partial charge in [-0.1, -0.05) is 37.1 Å². The van der Waals surface area contributed by atoms with E-state index in [1.54, 1.807) is 0 Å². The Balaban J connectivity index is 2.24. The smallest absolute Gasteiger partial charge is 0.0443 e. The van der Waals surface area contributed by atoms with E-state index >= 15 is 0 Å². The Bertz CT molecular complexity index is 383. The molecule has 0 aliphatic carbocycles. The number of aryl methyl sites for hydroxylation is 2. The lowest BCUT2D eigenvalue weighted by Gasteiger charge is -2.32. The van der Waals surface area contributed by atoms with Crippen LogP contribution < -0.4 is 5.32 Å². The first-order valence-corrected chi connectivity index (χ1v) is 8.19. The first-order valence-electron chi connectivity index (χ1n) is 7.14. The second kappa shape index (κ2) is 6.63. The number of hydrogen-bond donors (Lipinski definition) is 1. The summed E-state index contributed by atoms with van der Waals surface area (Å²) in [7, 11) is 0. The number of rotatable bonds is 4. The Morgan fingerprint density at radius 3 is 2.83 bits per heavy atom. The quantitative estimate of drug-likeness (QED) is 0.872. The van der Waals surface area contributed by atoms with Crippen molar-refractivity contribution in [2.45, 2.75) is 51.3 Å². The van der Waals surface area contributed by atoms with Crippen molar-refractivity contribution in [1.82, 2.24) is 5.32 Å². The van der Waals surface area contributed by atoms with E-state index in [4.69, 9.17) is 0 Å². The molecule has 0 radical (unpaired) electrons. The van der Waals surface area contributed by atoms with Crippen LogP contribution >= 0.6 is 11.8 Å². The highest BCUT2D eigenvalue weighted by molar-refractivity contribution is 8.00. The van der Waals surface area contributed by atoms with Gasteiger partial charge in [-0.25, -0.2) is 0 Å². The minimum atomic E-state index is 0.528. The van der Waals surface area contributed by atoms with E-state index in [1.807, 2.05) is 0 Å². The van der Waals surface area contributed by atoms with Crippen molar-refractivity contribution < 1.29 is 0 Å². The predicted octanol–water partition coefficient (Wildman–Crippen LogP) is 4.24. The molecular weight excluding hydrogens is 238 g/mol. The van der Waals surface area contributed by atoms with E-state index in [9.17, 15) is 0 Å². The van der Waals surface area contributed by atoms with Crippen LogP contribution in [-0.4, -0.2) is 17.5 Å². The van der Waals surface area contributed by atoms with Gasteiger partial charge in [0.05, 0.1) is 0 Å². The molecule has 1 aromatic carbocycles.